The summed E-state index contributed by atoms with van der Waals surface area (Å²) in [6.45, 7) is -1.07. The summed E-state index contributed by atoms with van der Waals surface area (Å²) >= 11 is 0. The number of hydrogen-bond donors (Lipinski definition) is 1. The highest BCUT2D eigenvalue weighted by molar-refractivity contribution is 5.90. The maximum absolute atomic E-state index is 13.0. The van der Waals surface area contributed by atoms with Crippen LogP contribution in [0.3, 0.4) is 0 Å². The molecule has 0 spiro atoms. The zero-order valence-corrected chi connectivity index (χ0v) is 14.4. The van der Waals surface area contributed by atoms with Crippen molar-refractivity contribution < 1.29 is 45.4 Å². The third-order valence-corrected chi connectivity index (χ3v) is 3.69. The predicted molar refractivity (Wildman–Crippen MR) is 88.1 cm³/mol. The van der Waals surface area contributed by atoms with Gasteiger partial charge in [-0.05, 0) is 47.0 Å². The second-order valence-corrected chi connectivity index (χ2v) is 5.92. The smallest absolute Gasteiger partial charge is 0.416 e. The van der Waals surface area contributed by atoms with E-state index in [1.54, 1.807) is 0 Å². The number of rotatable bonds is 6. The van der Waals surface area contributed by atoms with Gasteiger partial charge < -0.3 is 9.84 Å². The van der Waals surface area contributed by atoms with Crippen molar-refractivity contribution in [3.8, 4) is 0 Å². The molecule has 0 aliphatic carbocycles. The molecule has 29 heavy (non-hydrogen) atoms. The van der Waals surface area contributed by atoms with E-state index in [1.807, 2.05) is 0 Å². The van der Waals surface area contributed by atoms with E-state index in [1.165, 1.54) is 12.1 Å². The van der Waals surface area contributed by atoms with Crippen LogP contribution in [0.15, 0.2) is 48.5 Å². The Hall–Kier alpha value is -2.88. The van der Waals surface area contributed by atoms with Crippen LogP contribution in [0.1, 0.15) is 22.3 Å². The first-order valence-corrected chi connectivity index (χ1v) is 7.92. The lowest BCUT2D eigenvalue weighted by Gasteiger charge is -2.15. The Kier molecular flexibility index (Phi) is 6.68. The summed E-state index contributed by atoms with van der Waals surface area (Å²) < 4.78 is 95.4. The monoisotopic (exact) mass is 422 g/mol. The van der Waals surface area contributed by atoms with Crippen LogP contribution in [-0.2, 0) is 28.5 Å². The van der Waals surface area contributed by atoms with Crippen LogP contribution in [0, 0.1) is 5.82 Å². The van der Waals surface area contributed by atoms with Gasteiger partial charge in [0.2, 0.25) is 0 Å². The molecule has 10 heteroatoms. The van der Waals surface area contributed by atoms with Crippen molar-refractivity contribution in [2.45, 2.75) is 19.0 Å². The minimum atomic E-state index is -4.99. The van der Waals surface area contributed by atoms with Crippen molar-refractivity contribution in [1.82, 2.24) is 0 Å². The summed E-state index contributed by atoms with van der Waals surface area (Å²) in [5, 5.41) is 8.91. The fraction of sp³-hybridized carbons (Fsp3) is 0.211. The fourth-order valence-corrected chi connectivity index (χ4v) is 2.40. The summed E-state index contributed by atoms with van der Waals surface area (Å²) in [5.74, 6) is -1.93. The molecule has 2 aromatic rings. The molecule has 0 saturated heterocycles. The number of aliphatic carboxylic acids is 1. The number of carbonyl (C=O) groups is 1. The van der Waals surface area contributed by atoms with Crippen LogP contribution < -0.4 is 0 Å². The largest absolute Gasteiger partial charge is 0.478 e. The van der Waals surface area contributed by atoms with E-state index in [0.29, 0.717) is 12.1 Å². The molecule has 0 aliphatic rings. The summed E-state index contributed by atoms with van der Waals surface area (Å²) in [4.78, 5) is 10.9. The third kappa shape index (κ3) is 6.60. The SMILES string of the molecule is O=C(O)C=C(COCc1cc(C(F)(F)F)cc(C(F)(F)F)c1)c1ccc(F)cc1. The fourth-order valence-electron chi connectivity index (χ4n) is 2.40. The van der Waals surface area contributed by atoms with Gasteiger partial charge in [0, 0.05) is 6.08 Å². The summed E-state index contributed by atoms with van der Waals surface area (Å²) in [5.41, 5.74) is -3.02. The lowest BCUT2D eigenvalue weighted by atomic mass is 10.0. The lowest BCUT2D eigenvalue weighted by molar-refractivity contribution is -0.143. The first-order chi connectivity index (χ1) is 13.4. The van der Waals surface area contributed by atoms with E-state index in [-0.39, 0.29) is 22.8 Å². The Morgan fingerprint density at radius 2 is 1.45 bits per heavy atom. The molecule has 0 radical (unpaired) electrons. The molecule has 1 N–H and O–H groups in total. The minimum Gasteiger partial charge on any atom is -0.478 e. The molecular formula is C19H13F7O3. The van der Waals surface area contributed by atoms with Gasteiger partial charge in [0.15, 0.2) is 0 Å². The average molecular weight is 422 g/mol. The van der Waals surface area contributed by atoms with Crippen LogP contribution in [0.5, 0.6) is 0 Å². The summed E-state index contributed by atoms with van der Waals surface area (Å²) in [6, 6.07) is 5.69. The van der Waals surface area contributed by atoms with Crippen molar-refractivity contribution in [2.75, 3.05) is 6.61 Å². The Bertz CT molecular complexity index is 865. The highest BCUT2D eigenvalue weighted by Crippen LogP contribution is 2.36. The van der Waals surface area contributed by atoms with Gasteiger partial charge in [-0.25, -0.2) is 9.18 Å². The molecule has 0 atom stereocenters. The van der Waals surface area contributed by atoms with E-state index in [2.05, 4.69) is 0 Å². The van der Waals surface area contributed by atoms with E-state index >= 15 is 0 Å². The number of benzene rings is 2. The van der Waals surface area contributed by atoms with Gasteiger partial charge in [0.25, 0.3) is 0 Å². The summed E-state index contributed by atoms with van der Waals surface area (Å²) in [7, 11) is 0. The molecule has 0 bridgehead atoms. The highest BCUT2D eigenvalue weighted by Gasteiger charge is 2.36. The van der Waals surface area contributed by atoms with Crippen LogP contribution in [0.2, 0.25) is 0 Å². The van der Waals surface area contributed by atoms with E-state index in [4.69, 9.17) is 9.84 Å². The molecular weight excluding hydrogens is 409 g/mol. The van der Waals surface area contributed by atoms with Crippen LogP contribution in [0.25, 0.3) is 5.57 Å². The van der Waals surface area contributed by atoms with E-state index in [0.717, 1.165) is 18.2 Å². The molecule has 0 unspecified atom stereocenters. The number of hydrogen-bond acceptors (Lipinski definition) is 2. The Morgan fingerprint density at radius 1 is 0.931 bits per heavy atom. The molecule has 0 aromatic heterocycles. The number of alkyl halides is 6. The third-order valence-electron chi connectivity index (χ3n) is 3.69. The number of halogens is 7. The zero-order chi connectivity index (χ0) is 21.8. The quantitative estimate of drug-likeness (QED) is 0.491. The highest BCUT2D eigenvalue weighted by atomic mass is 19.4. The molecule has 0 fully saturated rings. The van der Waals surface area contributed by atoms with Crippen molar-refractivity contribution >= 4 is 11.5 Å². The second-order valence-electron chi connectivity index (χ2n) is 5.92. The maximum Gasteiger partial charge on any atom is 0.416 e. The van der Waals surface area contributed by atoms with Gasteiger partial charge in [0.1, 0.15) is 5.82 Å². The molecule has 0 aliphatic heterocycles. The average Bonchev–Trinajstić information content (AvgIpc) is 2.59. The van der Waals surface area contributed by atoms with Crippen LogP contribution in [-0.4, -0.2) is 17.7 Å². The van der Waals surface area contributed by atoms with Crippen molar-refractivity contribution in [3.05, 3.63) is 76.6 Å². The molecule has 0 heterocycles. The molecule has 0 saturated carbocycles. The Balaban J connectivity index is 2.23. The van der Waals surface area contributed by atoms with Gasteiger partial charge in [-0.3, -0.25) is 0 Å². The van der Waals surface area contributed by atoms with Crippen molar-refractivity contribution in [2.24, 2.45) is 0 Å². The van der Waals surface area contributed by atoms with E-state index < -0.39 is 48.5 Å². The summed E-state index contributed by atoms with van der Waals surface area (Å²) in [6.07, 6.45) is -9.22. The first-order valence-electron chi connectivity index (χ1n) is 7.92. The maximum atomic E-state index is 13.0. The molecule has 0 amide bonds. The molecule has 156 valence electrons. The van der Waals surface area contributed by atoms with Gasteiger partial charge >= 0.3 is 18.3 Å². The Labute approximate surface area is 160 Å². The second kappa shape index (κ2) is 8.64. The van der Waals surface area contributed by atoms with Gasteiger partial charge in [-0.2, -0.15) is 26.3 Å². The van der Waals surface area contributed by atoms with Crippen LogP contribution >= 0.6 is 0 Å². The number of carboxylic acid groups (broad SMARTS) is 1. The molecule has 3 nitrogen and oxygen atoms in total. The Morgan fingerprint density at radius 3 is 1.90 bits per heavy atom. The lowest BCUT2D eigenvalue weighted by Crippen LogP contribution is -2.12. The molecule has 2 aromatic carbocycles. The normalized spacial score (nSPS) is 12.9. The van der Waals surface area contributed by atoms with Crippen LogP contribution in [0.4, 0.5) is 30.7 Å². The van der Waals surface area contributed by atoms with Gasteiger partial charge in [-0.15, -0.1) is 0 Å². The van der Waals surface area contributed by atoms with Gasteiger partial charge in [0.05, 0.1) is 24.3 Å². The van der Waals surface area contributed by atoms with Crippen molar-refractivity contribution in [3.63, 3.8) is 0 Å². The predicted octanol–water partition coefficient (Wildman–Crippen LogP) is 5.55. The van der Waals surface area contributed by atoms with E-state index in [9.17, 15) is 35.5 Å². The molecule has 2 rings (SSSR count). The number of ether oxygens (including phenoxy) is 1. The number of carboxylic acids is 1. The first kappa shape index (κ1) is 22.4. The van der Waals surface area contributed by atoms with Crippen molar-refractivity contribution in [1.29, 1.82) is 0 Å². The van der Waals surface area contributed by atoms with Gasteiger partial charge in [-0.1, -0.05) is 12.1 Å². The zero-order valence-electron chi connectivity index (χ0n) is 14.4. The topological polar surface area (TPSA) is 46.5 Å². The minimum absolute atomic E-state index is 0.00221. The standard InChI is InChI=1S/C19H13F7O3/c20-16-3-1-12(2-4-16)13(7-17(27)28)10-29-9-11-5-14(18(21,22)23)8-15(6-11)19(24,25)26/h1-8H,9-10H2,(H,27,28).